The first-order chi connectivity index (χ1) is 12.2. The lowest BCUT2D eigenvalue weighted by Gasteiger charge is -2.14. The quantitative estimate of drug-likeness (QED) is 0.154. The van der Waals surface area contributed by atoms with Gasteiger partial charge in [-0.05, 0) is 12.8 Å². The van der Waals surface area contributed by atoms with Crippen molar-refractivity contribution in [3.05, 3.63) is 0 Å². The zero-order chi connectivity index (χ0) is 18.2. The van der Waals surface area contributed by atoms with Gasteiger partial charge in [-0.3, -0.25) is 4.79 Å². The summed E-state index contributed by atoms with van der Waals surface area (Å²) in [5.41, 5.74) is 0. The van der Waals surface area contributed by atoms with Gasteiger partial charge < -0.3 is 38.2 Å². The number of hydrogen-bond donors (Lipinski definition) is 2. The summed E-state index contributed by atoms with van der Waals surface area (Å²) >= 11 is 0. The highest BCUT2D eigenvalue weighted by atomic mass is 31.2. The fraction of sp³-hybridized carbons (Fsp3) is 0.929. The first-order valence-electron chi connectivity index (χ1n) is 8.28. The maximum atomic E-state index is 9.98. The second-order valence-corrected chi connectivity index (χ2v) is 6.14. The average Bonchev–Trinajstić information content (AvgIpc) is 3.02. The van der Waals surface area contributed by atoms with Gasteiger partial charge in [-0.2, -0.15) is 0 Å². The van der Waals surface area contributed by atoms with Crippen LogP contribution in [0.3, 0.4) is 0 Å². The van der Waals surface area contributed by atoms with Gasteiger partial charge in [0.1, 0.15) is 7.85 Å². The Balaban J connectivity index is 1.75. The first kappa shape index (κ1) is 22.7. The predicted octanol–water partition coefficient (Wildman–Crippen LogP) is -0.292. The third kappa shape index (κ3) is 13.5. The molecule has 1 amide bonds. The molecule has 0 aliphatic carbocycles. The van der Waals surface area contributed by atoms with Crippen LogP contribution in [-0.4, -0.2) is 90.7 Å². The molecule has 0 aromatic rings. The molecule has 0 saturated carbocycles. The Morgan fingerprint density at radius 3 is 2.28 bits per heavy atom. The second-order valence-electron chi connectivity index (χ2n) is 5.15. The third-order valence-corrected chi connectivity index (χ3v) is 3.93. The molecule has 1 saturated heterocycles. The van der Waals surface area contributed by atoms with Crippen molar-refractivity contribution in [2.24, 2.45) is 0 Å². The number of ether oxygens (including phenoxy) is 4. The molecule has 1 fully saturated rings. The highest BCUT2D eigenvalue weighted by Crippen LogP contribution is 2.33. The van der Waals surface area contributed by atoms with E-state index in [1.807, 2.05) is 0 Å². The summed E-state index contributed by atoms with van der Waals surface area (Å²) in [6, 6.07) is -0.235. The van der Waals surface area contributed by atoms with E-state index in [4.69, 9.17) is 35.8 Å². The van der Waals surface area contributed by atoms with Gasteiger partial charge in [0, 0.05) is 12.5 Å². The van der Waals surface area contributed by atoms with Crippen molar-refractivity contribution in [2.45, 2.75) is 24.9 Å². The minimum absolute atomic E-state index is 0.0746. The molecule has 0 bridgehead atoms. The molecule has 1 aliphatic rings. The topological polar surface area (TPSA) is 105 Å². The van der Waals surface area contributed by atoms with Crippen LogP contribution in [0.5, 0.6) is 0 Å². The largest absolute Gasteiger partial charge is 0.382 e. The van der Waals surface area contributed by atoms with Crippen molar-refractivity contribution < 1.29 is 37.7 Å². The van der Waals surface area contributed by atoms with Gasteiger partial charge in [0.15, 0.2) is 0 Å². The van der Waals surface area contributed by atoms with E-state index in [9.17, 15) is 9.69 Å². The molecule has 11 heteroatoms. The lowest BCUT2D eigenvalue weighted by atomic mass is 9.97. The molecule has 0 aromatic heterocycles. The van der Waals surface area contributed by atoms with Crippen LogP contribution in [0.25, 0.3) is 0 Å². The average molecular weight is 379 g/mol. The predicted molar refractivity (Wildman–Crippen MR) is 91.2 cm³/mol. The lowest BCUT2D eigenvalue weighted by Crippen LogP contribution is -2.19. The Morgan fingerprint density at radius 1 is 1.04 bits per heavy atom. The number of hydrogen-bond acceptors (Lipinski definition) is 8. The Bertz CT molecular complexity index is 331. The number of amides is 1. The van der Waals surface area contributed by atoms with Crippen LogP contribution in [0.4, 0.5) is 0 Å². The van der Waals surface area contributed by atoms with Gasteiger partial charge in [-0.25, -0.2) is 0 Å². The van der Waals surface area contributed by atoms with Crippen LogP contribution in [0.15, 0.2) is 0 Å². The van der Waals surface area contributed by atoms with Crippen LogP contribution in [0.1, 0.15) is 12.8 Å². The maximum Gasteiger partial charge on any atom is 0.330 e. The highest BCUT2D eigenvalue weighted by Gasteiger charge is 2.22. The molecule has 3 unspecified atom stereocenters. The molecule has 25 heavy (non-hydrogen) atoms. The van der Waals surface area contributed by atoms with Gasteiger partial charge in [0.25, 0.3) is 0 Å². The van der Waals surface area contributed by atoms with Crippen LogP contribution < -0.4 is 5.32 Å². The van der Waals surface area contributed by atoms with E-state index in [2.05, 4.69) is 5.32 Å². The Kier molecular flexibility index (Phi) is 14.5. The van der Waals surface area contributed by atoms with Gasteiger partial charge in [0.2, 0.25) is 6.41 Å². The fourth-order valence-electron chi connectivity index (χ4n) is 1.95. The highest BCUT2D eigenvalue weighted by molar-refractivity contribution is 7.40. The molecule has 144 valence electrons. The second kappa shape index (κ2) is 15.9. The van der Waals surface area contributed by atoms with Crippen molar-refractivity contribution >= 4 is 22.9 Å². The molecule has 2 N–H and O–H groups in total. The molecule has 0 aromatic carbocycles. The molecule has 9 nitrogen and oxygen atoms in total. The van der Waals surface area contributed by atoms with Crippen molar-refractivity contribution in [3.8, 4) is 0 Å². The number of carbonyl (C=O) groups excluding carboxylic acids is 1. The van der Waals surface area contributed by atoms with Gasteiger partial charge >= 0.3 is 8.60 Å². The molecule has 1 heterocycles. The van der Waals surface area contributed by atoms with Gasteiger partial charge in [-0.1, -0.05) is 0 Å². The fourth-order valence-corrected chi connectivity index (χ4v) is 2.55. The molecule has 1 rings (SSSR count). The van der Waals surface area contributed by atoms with Crippen molar-refractivity contribution in [1.29, 1.82) is 0 Å². The van der Waals surface area contributed by atoms with Crippen molar-refractivity contribution in [3.63, 3.8) is 0 Å². The van der Waals surface area contributed by atoms with Crippen LogP contribution in [-0.2, 0) is 32.8 Å². The molecule has 1 aliphatic heterocycles. The van der Waals surface area contributed by atoms with Crippen LogP contribution in [0.2, 0.25) is 0 Å². The third-order valence-electron chi connectivity index (χ3n) is 3.16. The number of carbonyl (C=O) groups is 1. The van der Waals surface area contributed by atoms with Gasteiger partial charge in [0.05, 0.1) is 59.0 Å². The summed E-state index contributed by atoms with van der Waals surface area (Å²) in [4.78, 5) is 19.5. The lowest BCUT2D eigenvalue weighted by molar-refractivity contribution is -0.109. The summed E-state index contributed by atoms with van der Waals surface area (Å²) in [6.07, 6.45) is 2.19. The SMILES string of the molecule is [B]C1CCC(COP(O)OCCOCCOCCOCCNC=O)O1. The molecule has 2 radical (unpaired) electrons. The first-order valence-corrected chi connectivity index (χ1v) is 9.41. The van der Waals surface area contributed by atoms with E-state index in [0.717, 1.165) is 12.8 Å². The Hall–Kier alpha value is -0.315. The van der Waals surface area contributed by atoms with E-state index in [-0.39, 0.29) is 25.3 Å². The van der Waals surface area contributed by atoms with Crippen LogP contribution in [0, 0.1) is 0 Å². The molecular weight excluding hydrogens is 352 g/mol. The summed E-state index contributed by atoms with van der Waals surface area (Å²) in [5, 5.41) is 2.50. The number of rotatable bonds is 17. The smallest absolute Gasteiger partial charge is 0.330 e. The zero-order valence-corrected chi connectivity index (χ0v) is 15.2. The minimum Gasteiger partial charge on any atom is -0.382 e. The standard InChI is InChI=1S/C14H27BNO8P/c15-14-2-1-13(24-14)11-23-25(18)22-10-9-21-8-7-20-6-5-19-4-3-16-12-17/h12-14,18H,1-11H2,(H,16,17). The van der Waals surface area contributed by atoms with E-state index in [0.29, 0.717) is 52.6 Å². The summed E-state index contributed by atoms with van der Waals surface area (Å²) in [5.74, 6) is 0. The zero-order valence-electron chi connectivity index (χ0n) is 14.3. The van der Waals surface area contributed by atoms with Gasteiger partial charge in [-0.15, -0.1) is 0 Å². The summed E-state index contributed by atoms with van der Waals surface area (Å²) < 4.78 is 31.5. The molecule has 0 spiro atoms. The van der Waals surface area contributed by atoms with E-state index in [1.54, 1.807) is 0 Å². The van der Waals surface area contributed by atoms with E-state index in [1.165, 1.54) is 0 Å². The van der Waals surface area contributed by atoms with E-state index >= 15 is 0 Å². The maximum absolute atomic E-state index is 9.98. The molecular formula is C14H27BNO8P. The molecule has 3 atom stereocenters. The minimum atomic E-state index is -1.93. The monoisotopic (exact) mass is 379 g/mol. The Labute approximate surface area is 151 Å². The normalized spacial score (nSPS) is 21.3. The summed E-state index contributed by atoms with van der Waals surface area (Å²) in [7, 11) is 3.68. The summed E-state index contributed by atoms with van der Waals surface area (Å²) in [6.45, 7) is 3.60. The number of nitrogens with one attached hydrogen (secondary N) is 1. The van der Waals surface area contributed by atoms with Crippen LogP contribution >= 0.6 is 8.60 Å². The Morgan fingerprint density at radius 2 is 1.68 bits per heavy atom. The van der Waals surface area contributed by atoms with E-state index < -0.39 is 8.60 Å². The van der Waals surface area contributed by atoms with Crippen molar-refractivity contribution in [1.82, 2.24) is 5.32 Å². The van der Waals surface area contributed by atoms with Crippen molar-refractivity contribution in [2.75, 3.05) is 59.4 Å².